The van der Waals surface area contributed by atoms with Crippen LogP contribution in [0.4, 0.5) is 0 Å². The summed E-state index contributed by atoms with van der Waals surface area (Å²) in [5.41, 5.74) is 2.85. The zero-order valence-corrected chi connectivity index (χ0v) is 12.1. The second-order valence-electron chi connectivity index (χ2n) is 4.62. The Morgan fingerprint density at radius 1 is 1.19 bits per heavy atom. The molecule has 106 valence electrons. The Kier molecular flexibility index (Phi) is 5.04. The molecule has 0 radical (unpaired) electrons. The lowest BCUT2D eigenvalue weighted by molar-refractivity contribution is -0.115. The number of aliphatic imine (C=N–C) groups is 1. The van der Waals surface area contributed by atoms with Gasteiger partial charge in [-0.1, -0.05) is 30.4 Å². The van der Waals surface area contributed by atoms with Crippen LogP contribution in [0.25, 0.3) is 0 Å². The van der Waals surface area contributed by atoms with Gasteiger partial charge < -0.3 is 4.90 Å². The molecule has 0 aromatic heterocycles. The summed E-state index contributed by atoms with van der Waals surface area (Å²) in [6.45, 7) is 5.99. The van der Waals surface area contributed by atoms with Gasteiger partial charge in [0.2, 0.25) is 5.91 Å². The first kappa shape index (κ1) is 14.7. The molecule has 2 rings (SSSR count). The Bertz CT molecular complexity index is 622. The first-order valence-electron chi connectivity index (χ1n) is 6.79. The van der Waals surface area contributed by atoms with Crippen LogP contribution in [0.5, 0.6) is 0 Å². The van der Waals surface area contributed by atoms with E-state index in [-0.39, 0.29) is 5.91 Å². The SMILES string of the molecule is C=CCN1C=CC=C/C1=C/C=C1C=CC(=NC(C)=O)C=C1. The molecule has 1 heterocycles. The lowest BCUT2D eigenvalue weighted by atomic mass is 10.1. The van der Waals surface area contributed by atoms with Gasteiger partial charge in [-0.05, 0) is 36.0 Å². The van der Waals surface area contributed by atoms with Gasteiger partial charge in [-0.15, -0.1) is 6.58 Å². The van der Waals surface area contributed by atoms with Crippen molar-refractivity contribution in [3.8, 4) is 0 Å². The van der Waals surface area contributed by atoms with Gasteiger partial charge in [0.25, 0.3) is 0 Å². The number of hydrogen-bond acceptors (Lipinski definition) is 2. The largest absolute Gasteiger partial charge is 0.344 e. The van der Waals surface area contributed by atoms with Gasteiger partial charge in [0.15, 0.2) is 0 Å². The van der Waals surface area contributed by atoms with Crippen LogP contribution in [0.1, 0.15) is 6.92 Å². The highest BCUT2D eigenvalue weighted by atomic mass is 16.1. The molecule has 0 spiro atoms. The molecule has 1 aliphatic carbocycles. The molecular weight excluding hydrogens is 260 g/mol. The Morgan fingerprint density at radius 2 is 1.95 bits per heavy atom. The van der Waals surface area contributed by atoms with Crippen molar-refractivity contribution in [3.05, 3.63) is 84.8 Å². The first-order valence-corrected chi connectivity index (χ1v) is 6.79. The Hall–Kier alpha value is -2.68. The minimum atomic E-state index is -0.187. The second kappa shape index (κ2) is 7.20. The molecule has 0 atom stereocenters. The molecule has 1 amide bonds. The Morgan fingerprint density at radius 3 is 2.62 bits per heavy atom. The van der Waals surface area contributed by atoms with Crippen molar-refractivity contribution in [1.29, 1.82) is 0 Å². The molecule has 3 heteroatoms. The zero-order chi connectivity index (χ0) is 15.1. The van der Waals surface area contributed by atoms with Gasteiger partial charge in [-0.2, -0.15) is 0 Å². The van der Waals surface area contributed by atoms with Gasteiger partial charge in [0.05, 0.1) is 5.71 Å². The number of nitrogens with zero attached hydrogens (tertiary/aromatic N) is 2. The summed E-state index contributed by atoms with van der Waals surface area (Å²) in [6.07, 6.45) is 21.6. The van der Waals surface area contributed by atoms with Gasteiger partial charge in [-0.25, -0.2) is 4.99 Å². The maximum absolute atomic E-state index is 10.9. The fourth-order valence-electron chi connectivity index (χ4n) is 1.97. The third-order valence-electron chi connectivity index (χ3n) is 2.93. The van der Waals surface area contributed by atoms with E-state index in [1.165, 1.54) is 6.92 Å². The maximum Gasteiger partial charge on any atom is 0.243 e. The van der Waals surface area contributed by atoms with Crippen LogP contribution in [0.2, 0.25) is 0 Å². The summed E-state index contributed by atoms with van der Waals surface area (Å²) in [6, 6.07) is 0. The summed E-state index contributed by atoms with van der Waals surface area (Å²) in [7, 11) is 0. The maximum atomic E-state index is 10.9. The standard InChI is InChI=1S/C18H18N2O/c1-3-13-20-14-5-4-6-18(20)12-9-16-7-10-17(11-8-16)19-15(2)21/h3-12,14H,1,13H2,2H3/b16-9?,18-12-,19-17?. The molecular formula is C18H18N2O. The number of carbonyl (C=O) groups is 1. The molecule has 0 saturated carbocycles. The highest BCUT2D eigenvalue weighted by Gasteiger charge is 2.04. The molecule has 3 nitrogen and oxygen atoms in total. The number of hydrogen-bond donors (Lipinski definition) is 0. The van der Waals surface area contributed by atoms with Gasteiger partial charge >= 0.3 is 0 Å². The smallest absolute Gasteiger partial charge is 0.243 e. The van der Waals surface area contributed by atoms with Crippen molar-refractivity contribution >= 4 is 11.6 Å². The van der Waals surface area contributed by atoms with Crippen LogP contribution < -0.4 is 0 Å². The van der Waals surface area contributed by atoms with E-state index in [1.807, 2.05) is 54.8 Å². The molecule has 0 aromatic rings. The molecule has 0 fully saturated rings. The van der Waals surface area contributed by atoms with Gasteiger partial charge in [-0.3, -0.25) is 4.79 Å². The molecule has 0 unspecified atom stereocenters. The number of allylic oxidation sites excluding steroid dienone is 10. The van der Waals surface area contributed by atoms with Crippen LogP contribution in [0.3, 0.4) is 0 Å². The van der Waals surface area contributed by atoms with Crippen molar-refractivity contribution in [2.45, 2.75) is 6.92 Å². The van der Waals surface area contributed by atoms with Crippen molar-refractivity contribution in [2.24, 2.45) is 4.99 Å². The minimum absolute atomic E-state index is 0.187. The second-order valence-corrected chi connectivity index (χ2v) is 4.62. The summed E-state index contributed by atoms with van der Waals surface area (Å²) in [5.74, 6) is -0.187. The molecule has 21 heavy (non-hydrogen) atoms. The van der Waals surface area contributed by atoms with E-state index in [2.05, 4.69) is 28.6 Å². The van der Waals surface area contributed by atoms with E-state index in [1.54, 1.807) is 0 Å². The van der Waals surface area contributed by atoms with Crippen molar-refractivity contribution in [2.75, 3.05) is 6.54 Å². The van der Waals surface area contributed by atoms with Gasteiger partial charge in [0, 0.05) is 25.4 Å². The molecule has 2 aliphatic rings. The van der Waals surface area contributed by atoms with E-state index in [0.717, 1.165) is 17.8 Å². The van der Waals surface area contributed by atoms with Crippen molar-refractivity contribution < 1.29 is 4.79 Å². The average molecular weight is 278 g/mol. The molecule has 0 aromatic carbocycles. The summed E-state index contributed by atoms with van der Waals surface area (Å²) >= 11 is 0. The fourth-order valence-corrected chi connectivity index (χ4v) is 1.97. The van der Waals surface area contributed by atoms with Crippen LogP contribution in [-0.2, 0) is 4.79 Å². The summed E-state index contributed by atoms with van der Waals surface area (Å²) in [4.78, 5) is 16.9. The minimum Gasteiger partial charge on any atom is -0.344 e. The Balaban J connectivity index is 2.11. The number of carbonyl (C=O) groups excluding carboxylic acids is 1. The van der Waals surface area contributed by atoms with Crippen LogP contribution in [0, 0.1) is 0 Å². The topological polar surface area (TPSA) is 32.7 Å². The first-order chi connectivity index (χ1) is 10.2. The quantitative estimate of drug-likeness (QED) is 0.740. The fraction of sp³-hybridized carbons (Fsp3) is 0.111. The van der Waals surface area contributed by atoms with E-state index in [0.29, 0.717) is 5.71 Å². The summed E-state index contributed by atoms with van der Waals surface area (Å²) < 4.78 is 0. The van der Waals surface area contributed by atoms with Crippen molar-refractivity contribution in [3.63, 3.8) is 0 Å². The number of rotatable bonds is 3. The third kappa shape index (κ3) is 4.42. The highest BCUT2D eigenvalue weighted by Crippen LogP contribution is 2.14. The van der Waals surface area contributed by atoms with Crippen LogP contribution in [-0.4, -0.2) is 23.1 Å². The summed E-state index contributed by atoms with van der Waals surface area (Å²) in [5, 5.41) is 0. The van der Waals surface area contributed by atoms with E-state index in [9.17, 15) is 4.79 Å². The van der Waals surface area contributed by atoms with E-state index >= 15 is 0 Å². The van der Waals surface area contributed by atoms with Gasteiger partial charge in [0.1, 0.15) is 0 Å². The van der Waals surface area contributed by atoms with Crippen molar-refractivity contribution in [1.82, 2.24) is 4.90 Å². The molecule has 0 saturated heterocycles. The Labute approximate surface area is 125 Å². The molecule has 0 N–H and O–H groups in total. The number of amides is 1. The van der Waals surface area contributed by atoms with Crippen LogP contribution in [0.15, 0.2) is 89.8 Å². The van der Waals surface area contributed by atoms with E-state index in [4.69, 9.17) is 0 Å². The highest BCUT2D eigenvalue weighted by molar-refractivity contribution is 6.10. The van der Waals surface area contributed by atoms with Crippen LogP contribution >= 0.6 is 0 Å². The lowest BCUT2D eigenvalue weighted by Gasteiger charge is -2.21. The monoisotopic (exact) mass is 278 g/mol. The molecule has 0 bridgehead atoms. The van der Waals surface area contributed by atoms with E-state index < -0.39 is 0 Å². The predicted octanol–water partition coefficient (Wildman–Crippen LogP) is 3.48. The average Bonchev–Trinajstić information content (AvgIpc) is 2.48. The lowest BCUT2D eigenvalue weighted by Crippen LogP contribution is -2.16. The predicted molar refractivity (Wildman–Crippen MR) is 87.7 cm³/mol. The normalized spacial score (nSPS) is 18.3. The zero-order valence-electron chi connectivity index (χ0n) is 12.1. The molecule has 1 aliphatic heterocycles. The third-order valence-corrected chi connectivity index (χ3v) is 2.93.